The van der Waals surface area contributed by atoms with Crippen molar-refractivity contribution in [3.63, 3.8) is 0 Å². The monoisotopic (exact) mass is 422 g/mol. The smallest absolute Gasteiger partial charge is 0.244 e. The number of hydrogen-bond donors (Lipinski definition) is 1. The van der Waals surface area contributed by atoms with E-state index in [-0.39, 0.29) is 11.4 Å². The molecule has 11 heteroatoms. The van der Waals surface area contributed by atoms with Crippen molar-refractivity contribution in [2.75, 3.05) is 37.0 Å². The molecule has 1 N–H and O–H groups in total. The molecular weight excluding hydrogens is 392 g/mol. The minimum Gasteiger partial charge on any atom is -0.347 e. The van der Waals surface area contributed by atoms with Crippen LogP contribution in [0.1, 0.15) is 43.4 Å². The van der Waals surface area contributed by atoms with Gasteiger partial charge in [0.25, 0.3) is 0 Å². The number of piperidine rings is 1. The van der Waals surface area contributed by atoms with Crippen molar-refractivity contribution in [3.8, 4) is 0 Å². The van der Waals surface area contributed by atoms with E-state index in [0.717, 1.165) is 25.9 Å². The normalized spacial score (nSPS) is 15.0. The Bertz CT molecular complexity index is 964. The Labute approximate surface area is 172 Å². The zero-order chi connectivity index (χ0) is 21.2. The Morgan fingerprint density at radius 2 is 1.76 bits per heavy atom. The van der Waals surface area contributed by atoms with E-state index >= 15 is 0 Å². The Balaban J connectivity index is 1.86. The van der Waals surface area contributed by atoms with Gasteiger partial charge < -0.3 is 9.80 Å². The van der Waals surface area contributed by atoms with E-state index in [1.807, 2.05) is 21.0 Å². The molecule has 1 aliphatic heterocycles. The van der Waals surface area contributed by atoms with Crippen molar-refractivity contribution in [1.29, 1.82) is 0 Å². The summed E-state index contributed by atoms with van der Waals surface area (Å²) in [5, 5.41) is 4.31. The third-order valence-corrected chi connectivity index (χ3v) is 6.65. The van der Waals surface area contributed by atoms with Crippen molar-refractivity contribution in [2.24, 2.45) is 0 Å². The Kier molecular flexibility index (Phi) is 6.37. The number of sulfonamides is 1. The largest absolute Gasteiger partial charge is 0.347 e. The predicted molar refractivity (Wildman–Crippen MR) is 112 cm³/mol. The molecule has 0 saturated carbocycles. The van der Waals surface area contributed by atoms with Gasteiger partial charge in [0, 0.05) is 33.7 Å². The molecule has 3 heterocycles. The fourth-order valence-electron chi connectivity index (χ4n) is 3.52. The van der Waals surface area contributed by atoms with E-state index in [1.165, 1.54) is 6.42 Å². The van der Waals surface area contributed by atoms with Crippen LogP contribution in [0.25, 0.3) is 0 Å². The molecule has 10 nitrogen and oxygen atoms in total. The highest BCUT2D eigenvalue weighted by molar-refractivity contribution is 7.89. The van der Waals surface area contributed by atoms with Gasteiger partial charge in [0.1, 0.15) is 4.90 Å². The fraction of sp³-hybridized carbons (Fsp3) is 0.667. The van der Waals surface area contributed by atoms with E-state index in [1.54, 1.807) is 23.4 Å². The molecule has 0 atom stereocenters. The van der Waals surface area contributed by atoms with Gasteiger partial charge in [-0.3, -0.25) is 4.68 Å². The van der Waals surface area contributed by atoms with E-state index in [9.17, 15) is 8.42 Å². The van der Waals surface area contributed by atoms with Crippen molar-refractivity contribution >= 4 is 21.9 Å². The van der Waals surface area contributed by atoms with Crippen molar-refractivity contribution in [3.05, 3.63) is 17.2 Å². The minimum absolute atomic E-state index is 0.0112. The summed E-state index contributed by atoms with van der Waals surface area (Å²) in [6.07, 6.45) is 3.41. The minimum atomic E-state index is -3.74. The first-order valence-electron chi connectivity index (χ1n) is 9.93. The second kappa shape index (κ2) is 8.62. The second-order valence-corrected chi connectivity index (χ2v) is 9.14. The summed E-state index contributed by atoms with van der Waals surface area (Å²) in [5.41, 5.74) is 1.10. The average Bonchev–Trinajstić information content (AvgIpc) is 3.01. The van der Waals surface area contributed by atoms with Crippen molar-refractivity contribution < 1.29 is 8.42 Å². The molecule has 1 fully saturated rings. The molecule has 1 aliphatic rings. The van der Waals surface area contributed by atoms with Gasteiger partial charge in [0.15, 0.2) is 5.82 Å². The van der Waals surface area contributed by atoms with Crippen molar-refractivity contribution in [2.45, 2.75) is 58.0 Å². The molecule has 0 unspecified atom stereocenters. The molecule has 2 aromatic rings. The van der Waals surface area contributed by atoms with Crippen LogP contribution in [0.15, 0.2) is 4.90 Å². The molecule has 0 radical (unpaired) electrons. The van der Waals surface area contributed by atoms with Crippen LogP contribution in [0.3, 0.4) is 0 Å². The van der Waals surface area contributed by atoms with Gasteiger partial charge in [-0.1, -0.05) is 0 Å². The van der Waals surface area contributed by atoms with E-state index < -0.39 is 10.0 Å². The van der Waals surface area contributed by atoms with Gasteiger partial charge in [-0.05, 0) is 40.0 Å². The number of rotatable bonds is 7. The summed E-state index contributed by atoms with van der Waals surface area (Å²) < 4.78 is 30.2. The highest BCUT2D eigenvalue weighted by Gasteiger charge is 2.25. The molecule has 0 aromatic carbocycles. The van der Waals surface area contributed by atoms with Gasteiger partial charge in [-0.15, -0.1) is 0 Å². The first-order valence-corrected chi connectivity index (χ1v) is 11.4. The summed E-state index contributed by atoms with van der Waals surface area (Å²) in [6.45, 7) is 7.80. The molecule has 0 spiro atoms. The van der Waals surface area contributed by atoms with Crippen LogP contribution < -0.4 is 14.5 Å². The number of nitrogens with zero attached hydrogens (tertiary/aromatic N) is 7. The van der Waals surface area contributed by atoms with Gasteiger partial charge >= 0.3 is 0 Å². The first kappa shape index (κ1) is 21.4. The van der Waals surface area contributed by atoms with E-state index in [4.69, 9.17) is 0 Å². The van der Waals surface area contributed by atoms with E-state index in [0.29, 0.717) is 35.7 Å². The summed E-state index contributed by atoms with van der Waals surface area (Å²) in [7, 11) is -0.0283. The molecule has 0 aliphatic carbocycles. The second-order valence-electron chi connectivity index (χ2n) is 7.43. The SMILES string of the molecule is CCn1nc(C)c(S(=O)(=O)NCc2nc(N(C)C)nc(N3CCCCC3)n2)c1C. The van der Waals surface area contributed by atoms with Gasteiger partial charge in [-0.25, -0.2) is 13.1 Å². The highest BCUT2D eigenvalue weighted by Crippen LogP contribution is 2.21. The maximum atomic E-state index is 12.9. The number of hydrogen-bond acceptors (Lipinski definition) is 8. The van der Waals surface area contributed by atoms with Crippen LogP contribution in [-0.4, -0.2) is 60.3 Å². The summed E-state index contributed by atoms with van der Waals surface area (Å²) in [4.78, 5) is 17.6. The van der Waals surface area contributed by atoms with E-state index in [2.05, 4.69) is 29.7 Å². The van der Waals surface area contributed by atoms with Gasteiger partial charge in [-0.2, -0.15) is 20.1 Å². The molecule has 2 aromatic heterocycles. The number of anilines is 2. The summed E-state index contributed by atoms with van der Waals surface area (Å²) >= 11 is 0. The summed E-state index contributed by atoms with van der Waals surface area (Å²) in [5.74, 6) is 1.51. The quantitative estimate of drug-likeness (QED) is 0.710. The fourth-order valence-corrected chi connectivity index (χ4v) is 4.91. The number of aromatic nitrogens is 5. The van der Waals surface area contributed by atoms with Crippen LogP contribution in [-0.2, 0) is 23.1 Å². The van der Waals surface area contributed by atoms with Crippen LogP contribution >= 0.6 is 0 Å². The maximum absolute atomic E-state index is 12.9. The first-order chi connectivity index (χ1) is 13.7. The molecular formula is C18H30N8O2S. The molecule has 1 saturated heterocycles. The topological polar surface area (TPSA) is 109 Å². The lowest BCUT2D eigenvalue weighted by Crippen LogP contribution is -2.33. The van der Waals surface area contributed by atoms with Gasteiger partial charge in [0.05, 0.1) is 17.9 Å². The molecule has 0 bridgehead atoms. The predicted octanol–water partition coefficient (Wildman–Crippen LogP) is 1.24. The zero-order valence-electron chi connectivity index (χ0n) is 17.8. The standard InChI is InChI=1S/C18H30N8O2S/c1-6-26-14(3)16(13(2)23-26)29(27,28)19-12-15-20-17(24(4)5)22-18(21-15)25-10-8-7-9-11-25/h19H,6-12H2,1-5H3. The summed E-state index contributed by atoms with van der Waals surface area (Å²) in [6, 6.07) is 0. The van der Waals surface area contributed by atoms with Crippen LogP contribution in [0.4, 0.5) is 11.9 Å². The highest BCUT2D eigenvalue weighted by atomic mass is 32.2. The zero-order valence-corrected chi connectivity index (χ0v) is 18.6. The van der Waals surface area contributed by atoms with Crippen LogP contribution in [0.5, 0.6) is 0 Å². The Hall–Kier alpha value is -2.27. The Morgan fingerprint density at radius 3 is 2.34 bits per heavy atom. The molecule has 29 heavy (non-hydrogen) atoms. The van der Waals surface area contributed by atoms with Gasteiger partial charge in [0.2, 0.25) is 21.9 Å². The lowest BCUT2D eigenvalue weighted by atomic mass is 10.1. The van der Waals surface area contributed by atoms with Crippen LogP contribution in [0.2, 0.25) is 0 Å². The number of nitrogens with one attached hydrogen (secondary N) is 1. The molecule has 160 valence electrons. The lowest BCUT2D eigenvalue weighted by molar-refractivity contribution is 0.563. The maximum Gasteiger partial charge on any atom is 0.244 e. The third-order valence-electron chi connectivity index (χ3n) is 5.00. The molecule has 0 amide bonds. The van der Waals surface area contributed by atoms with Crippen LogP contribution in [0, 0.1) is 13.8 Å². The Morgan fingerprint density at radius 1 is 1.07 bits per heavy atom. The number of aryl methyl sites for hydroxylation is 2. The average molecular weight is 423 g/mol. The van der Waals surface area contributed by atoms with Crippen molar-refractivity contribution in [1.82, 2.24) is 29.5 Å². The molecule has 3 rings (SSSR count). The third kappa shape index (κ3) is 4.67. The lowest BCUT2D eigenvalue weighted by Gasteiger charge is -2.27.